The van der Waals surface area contributed by atoms with Gasteiger partial charge < -0.3 is 14.8 Å². The Morgan fingerprint density at radius 2 is 1.92 bits per heavy atom. The SMILES string of the molecule is CNc1ccc(C(=O)OCCc2ccc(OC)cc2)cc1[N+](=O)[O-]. The molecule has 0 aromatic heterocycles. The highest BCUT2D eigenvalue weighted by Gasteiger charge is 2.17. The third-order valence-corrected chi connectivity index (χ3v) is 3.48. The standard InChI is InChI=1S/C17H18N2O5/c1-18-15-8-5-13(11-16(15)19(21)22)17(20)24-10-9-12-3-6-14(23-2)7-4-12/h3-8,11,18H,9-10H2,1-2H3. The van der Waals surface area contributed by atoms with Crippen LogP contribution in [0.4, 0.5) is 11.4 Å². The van der Waals surface area contributed by atoms with Crippen LogP contribution in [0.5, 0.6) is 5.75 Å². The fourth-order valence-electron chi connectivity index (χ4n) is 2.16. The highest BCUT2D eigenvalue weighted by Crippen LogP contribution is 2.25. The van der Waals surface area contributed by atoms with Crippen molar-refractivity contribution in [3.63, 3.8) is 0 Å². The van der Waals surface area contributed by atoms with Gasteiger partial charge in [0, 0.05) is 19.5 Å². The van der Waals surface area contributed by atoms with Crippen molar-refractivity contribution >= 4 is 17.3 Å². The first kappa shape index (κ1) is 17.3. The largest absolute Gasteiger partial charge is 0.497 e. The van der Waals surface area contributed by atoms with Gasteiger partial charge in [0.15, 0.2) is 0 Å². The number of rotatable bonds is 7. The minimum absolute atomic E-state index is 0.149. The van der Waals surface area contributed by atoms with E-state index in [1.54, 1.807) is 14.2 Å². The average Bonchev–Trinajstić information content (AvgIpc) is 2.61. The molecule has 2 aromatic rings. The van der Waals surface area contributed by atoms with E-state index >= 15 is 0 Å². The zero-order chi connectivity index (χ0) is 17.5. The first-order valence-electron chi connectivity index (χ1n) is 7.31. The predicted octanol–water partition coefficient (Wildman–Crippen LogP) is 3.04. The van der Waals surface area contributed by atoms with Crippen LogP contribution in [0, 0.1) is 10.1 Å². The summed E-state index contributed by atoms with van der Waals surface area (Å²) in [5, 5.41) is 13.7. The third kappa shape index (κ3) is 4.22. The summed E-state index contributed by atoms with van der Waals surface area (Å²) in [6.45, 7) is 0.187. The molecule has 2 rings (SSSR count). The smallest absolute Gasteiger partial charge is 0.338 e. The summed E-state index contributed by atoms with van der Waals surface area (Å²) in [4.78, 5) is 22.5. The molecular weight excluding hydrogens is 312 g/mol. The first-order chi connectivity index (χ1) is 11.5. The Balaban J connectivity index is 1.96. The number of nitro benzene ring substituents is 1. The number of anilines is 1. The van der Waals surface area contributed by atoms with Crippen LogP contribution in [0.25, 0.3) is 0 Å². The Labute approximate surface area is 139 Å². The molecule has 0 spiro atoms. The molecule has 2 aromatic carbocycles. The average molecular weight is 330 g/mol. The predicted molar refractivity (Wildman–Crippen MR) is 89.6 cm³/mol. The molecule has 24 heavy (non-hydrogen) atoms. The number of carbonyl (C=O) groups excluding carboxylic acids is 1. The quantitative estimate of drug-likeness (QED) is 0.477. The number of nitrogens with one attached hydrogen (secondary N) is 1. The second-order valence-electron chi connectivity index (χ2n) is 4.97. The molecular formula is C17H18N2O5. The molecule has 0 fully saturated rings. The van der Waals surface area contributed by atoms with E-state index in [9.17, 15) is 14.9 Å². The van der Waals surface area contributed by atoms with Crippen LogP contribution in [0.3, 0.4) is 0 Å². The molecule has 1 N–H and O–H groups in total. The minimum Gasteiger partial charge on any atom is -0.497 e. The maximum atomic E-state index is 12.0. The van der Waals surface area contributed by atoms with Gasteiger partial charge in [0.1, 0.15) is 11.4 Å². The summed E-state index contributed by atoms with van der Waals surface area (Å²) in [7, 11) is 3.17. The van der Waals surface area contributed by atoms with Crippen LogP contribution in [-0.4, -0.2) is 31.7 Å². The van der Waals surface area contributed by atoms with Gasteiger partial charge in [-0.25, -0.2) is 4.79 Å². The summed E-state index contributed by atoms with van der Waals surface area (Å²) >= 11 is 0. The fourth-order valence-corrected chi connectivity index (χ4v) is 2.16. The molecule has 126 valence electrons. The number of nitrogens with zero attached hydrogens (tertiary/aromatic N) is 1. The topological polar surface area (TPSA) is 90.7 Å². The van der Waals surface area contributed by atoms with Gasteiger partial charge in [-0.05, 0) is 29.8 Å². The van der Waals surface area contributed by atoms with E-state index < -0.39 is 10.9 Å². The molecule has 0 radical (unpaired) electrons. The van der Waals surface area contributed by atoms with Gasteiger partial charge in [-0.1, -0.05) is 12.1 Å². The first-order valence-corrected chi connectivity index (χ1v) is 7.31. The second kappa shape index (κ2) is 7.96. The normalized spacial score (nSPS) is 10.1. The summed E-state index contributed by atoms with van der Waals surface area (Å²) in [6.07, 6.45) is 0.548. The Kier molecular flexibility index (Phi) is 5.73. The second-order valence-corrected chi connectivity index (χ2v) is 4.97. The van der Waals surface area contributed by atoms with E-state index in [1.165, 1.54) is 18.2 Å². The Morgan fingerprint density at radius 1 is 1.21 bits per heavy atom. The molecule has 0 aliphatic rings. The van der Waals surface area contributed by atoms with Crippen molar-refractivity contribution in [2.45, 2.75) is 6.42 Å². The van der Waals surface area contributed by atoms with Crippen molar-refractivity contribution in [3.8, 4) is 5.75 Å². The van der Waals surface area contributed by atoms with Crippen LogP contribution < -0.4 is 10.1 Å². The summed E-state index contributed by atoms with van der Waals surface area (Å²) in [6, 6.07) is 11.6. The van der Waals surface area contributed by atoms with Crippen molar-refractivity contribution in [1.29, 1.82) is 0 Å². The minimum atomic E-state index is -0.589. The maximum absolute atomic E-state index is 12.0. The van der Waals surface area contributed by atoms with Crippen molar-refractivity contribution < 1.29 is 19.2 Å². The third-order valence-electron chi connectivity index (χ3n) is 3.48. The lowest BCUT2D eigenvalue weighted by Gasteiger charge is -2.07. The van der Waals surface area contributed by atoms with Gasteiger partial charge in [-0.3, -0.25) is 10.1 Å². The van der Waals surface area contributed by atoms with Gasteiger partial charge in [0.2, 0.25) is 0 Å². The van der Waals surface area contributed by atoms with Crippen molar-refractivity contribution in [3.05, 3.63) is 63.7 Å². The maximum Gasteiger partial charge on any atom is 0.338 e. The van der Waals surface area contributed by atoms with E-state index in [1.807, 2.05) is 24.3 Å². The molecule has 0 saturated heterocycles. The van der Waals surface area contributed by atoms with Crippen LogP contribution in [0.1, 0.15) is 15.9 Å². The molecule has 0 heterocycles. The van der Waals surface area contributed by atoms with E-state index in [-0.39, 0.29) is 17.9 Å². The van der Waals surface area contributed by atoms with Crippen LogP contribution in [0.2, 0.25) is 0 Å². The number of hydrogen-bond donors (Lipinski definition) is 1. The molecule has 7 nitrogen and oxygen atoms in total. The lowest BCUT2D eigenvalue weighted by Crippen LogP contribution is -2.09. The number of methoxy groups -OCH3 is 1. The molecule has 0 atom stereocenters. The van der Waals surface area contributed by atoms with Gasteiger partial charge in [-0.2, -0.15) is 0 Å². The van der Waals surface area contributed by atoms with E-state index in [0.717, 1.165) is 11.3 Å². The van der Waals surface area contributed by atoms with Gasteiger partial charge in [0.25, 0.3) is 5.69 Å². The number of ether oxygens (including phenoxy) is 2. The summed E-state index contributed by atoms with van der Waals surface area (Å²) in [5.41, 5.74) is 1.33. The molecule has 0 aliphatic carbocycles. The highest BCUT2D eigenvalue weighted by molar-refractivity contribution is 5.91. The van der Waals surface area contributed by atoms with E-state index in [0.29, 0.717) is 12.1 Å². The molecule has 0 bridgehead atoms. The fraction of sp³-hybridized carbons (Fsp3) is 0.235. The Morgan fingerprint density at radius 3 is 2.50 bits per heavy atom. The Hall–Kier alpha value is -3.09. The monoisotopic (exact) mass is 330 g/mol. The number of benzene rings is 2. The Bertz CT molecular complexity index is 728. The lowest BCUT2D eigenvalue weighted by molar-refractivity contribution is -0.384. The lowest BCUT2D eigenvalue weighted by atomic mass is 10.1. The zero-order valence-electron chi connectivity index (χ0n) is 13.4. The number of hydrogen-bond acceptors (Lipinski definition) is 6. The molecule has 0 saturated carbocycles. The van der Waals surface area contributed by atoms with Gasteiger partial charge in [0.05, 0.1) is 24.2 Å². The zero-order valence-corrected chi connectivity index (χ0v) is 13.4. The van der Waals surface area contributed by atoms with Crippen molar-refractivity contribution in [2.24, 2.45) is 0 Å². The van der Waals surface area contributed by atoms with Gasteiger partial charge >= 0.3 is 5.97 Å². The molecule has 0 aliphatic heterocycles. The highest BCUT2D eigenvalue weighted by atomic mass is 16.6. The molecule has 0 unspecified atom stereocenters. The summed E-state index contributed by atoms with van der Waals surface area (Å²) < 4.78 is 10.3. The number of esters is 1. The van der Waals surface area contributed by atoms with Crippen LogP contribution in [-0.2, 0) is 11.2 Å². The van der Waals surface area contributed by atoms with Crippen molar-refractivity contribution in [1.82, 2.24) is 0 Å². The van der Waals surface area contributed by atoms with Gasteiger partial charge in [-0.15, -0.1) is 0 Å². The van der Waals surface area contributed by atoms with Crippen molar-refractivity contribution in [2.75, 3.05) is 26.1 Å². The van der Waals surface area contributed by atoms with E-state index in [4.69, 9.17) is 9.47 Å². The number of nitro groups is 1. The van der Waals surface area contributed by atoms with E-state index in [2.05, 4.69) is 5.32 Å². The van der Waals surface area contributed by atoms with Crippen LogP contribution in [0.15, 0.2) is 42.5 Å². The van der Waals surface area contributed by atoms with Crippen LogP contribution >= 0.6 is 0 Å². The number of carbonyl (C=O) groups is 1. The summed E-state index contributed by atoms with van der Waals surface area (Å²) in [5.74, 6) is 0.168. The molecule has 7 heteroatoms. The molecule has 0 amide bonds.